The summed E-state index contributed by atoms with van der Waals surface area (Å²) in [6.07, 6.45) is -0.0527. The van der Waals surface area contributed by atoms with Gasteiger partial charge in [-0.15, -0.1) is 0 Å². The van der Waals surface area contributed by atoms with E-state index in [1.165, 1.54) is 24.3 Å². The molecule has 2 N–H and O–H groups in total. The smallest absolute Gasteiger partial charge is 0.306 e. The van der Waals surface area contributed by atoms with Gasteiger partial charge in [-0.25, -0.2) is 13.1 Å². The number of carboxylic acids is 1. The van der Waals surface area contributed by atoms with Crippen LogP contribution >= 0.6 is 0 Å². The van der Waals surface area contributed by atoms with Gasteiger partial charge in [-0.05, 0) is 31.2 Å². The van der Waals surface area contributed by atoms with Gasteiger partial charge in [0.1, 0.15) is 5.75 Å². The van der Waals surface area contributed by atoms with E-state index < -0.39 is 22.0 Å². The van der Waals surface area contributed by atoms with Gasteiger partial charge in [0.25, 0.3) is 0 Å². The van der Waals surface area contributed by atoms with Gasteiger partial charge in [-0.2, -0.15) is 5.26 Å². The van der Waals surface area contributed by atoms with Crippen LogP contribution < -0.4 is 9.46 Å². The van der Waals surface area contributed by atoms with Crippen LogP contribution in [0.2, 0.25) is 0 Å². The molecule has 0 aliphatic carbocycles. The Balaban J connectivity index is 2.68. The van der Waals surface area contributed by atoms with Crippen molar-refractivity contribution in [3.8, 4) is 11.8 Å². The molecule has 0 fully saturated rings. The minimum Gasteiger partial charge on any atom is -0.493 e. The number of aliphatic carboxylic acids is 1. The fourth-order valence-electron chi connectivity index (χ4n) is 1.48. The molecule has 0 saturated carbocycles. The fourth-order valence-corrected chi connectivity index (χ4v) is 2.73. The Morgan fingerprint density at radius 2 is 2.05 bits per heavy atom. The van der Waals surface area contributed by atoms with Crippen molar-refractivity contribution >= 4 is 16.0 Å². The number of nitriles is 1. The predicted molar refractivity (Wildman–Crippen MR) is 74.2 cm³/mol. The first kappa shape index (κ1) is 16.9. The van der Waals surface area contributed by atoms with Gasteiger partial charge in [-0.1, -0.05) is 0 Å². The Morgan fingerprint density at radius 1 is 1.43 bits per heavy atom. The lowest BCUT2D eigenvalue weighted by Crippen LogP contribution is -2.32. The van der Waals surface area contributed by atoms with Crippen molar-refractivity contribution in [2.24, 2.45) is 0 Å². The summed E-state index contributed by atoms with van der Waals surface area (Å²) in [6, 6.07) is 7.02. The maximum absolute atomic E-state index is 12.0. The second-order valence-corrected chi connectivity index (χ2v) is 6.06. The Labute approximate surface area is 123 Å². The molecule has 0 aliphatic rings. The van der Waals surface area contributed by atoms with Crippen LogP contribution in [0.25, 0.3) is 0 Å². The zero-order valence-corrected chi connectivity index (χ0v) is 12.3. The SMILES string of the molecule is CC(CC#N)NS(=O)(=O)c1ccc(OCCC(=O)O)cc1. The molecule has 1 aromatic carbocycles. The van der Waals surface area contributed by atoms with Crippen molar-refractivity contribution in [3.63, 3.8) is 0 Å². The van der Waals surface area contributed by atoms with Gasteiger partial charge < -0.3 is 9.84 Å². The number of rotatable bonds is 8. The molecular weight excluding hydrogens is 296 g/mol. The molecule has 0 amide bonds. The quantitative estimate of drug-likeness (QED) is 0.743. The molecular formula is C13H16N2O5S. The Morgan fingerprint density at radius 3 is 2.57 bits per heavy atom. The van der Waals surface area contributed by atoms with Crippen LogP contribution in [-0.2, 0) is 14.8 Å². The molecule has 0 radical (unpaired) electrons. The Hall–Kier alpha value is -2.11. The van der Waals surface area contributed by atoms with Gasteiger partial charge >= 0.3 is 5.97 Å². The van der Waals surface area contributed by atoms with Crippen LogP contribution in [-0.4, -0.2) is 32.1 Å². The molecule has 7 nitrogen and oxygen atoms in total. The number of nitrogens with one attached hydrogen (secondary N) is 1. The Kier molecular flexibility index (Phi) is 6.14. The summed E-state index contributed by atoms with van der Waals surface area (Å²) in [5, 5.41) is 17.0. The average Bonchev–Trinajstić information content (AvgIpc) is 2.38. The highest BCUT2D eigenvalue weighted by Crippen LogP contribution is 2.16. The number of hydrogen-bond acceptors (Lipinski definition) is 5. The van der Waals surface area contributed by atoms with Crippen LogP contribution in [0.15, 0.2) is 29.2 Å². The number of ether oxygens (including phenoxy) is 1. The third-order valence-corrected chi connectivity index (χ3v) is 4.08. The highest BCUT2D eigenvalue weighted by Gasteiger charge is 2.17. The standard InChI is InChI=1S/C13H16N2O5S/c1-10(6-8-14)15-21(18,19)12-4-2-11(3-5-12)20-9-7-13(16)17/h2-5,10,15H,6-7,9H2,1H3,(H,16,17). The Bertz CT molecular complexity index is 619. The zero-order chi connectivity index (χ0) is 15.9. The first-order valence-electron chi connectivity index (χ1n) is 6.19. The van der Waals surface area contributed by atoms with Crippen molar-refractivity contribution in [1.29, 1.82) is 5.26 Å². The van der Waals surface area contributed by atoms with Crippen LogP contribution in [0.4, 0.5) is 0 Å². The van der Waals surface area contributed by atoms with Gasteiger partial charge in [0.05, 0.1) is 30.4 Å². The van der Waals surface area contributed by atoms with Crippen molar-refractivity contribution in [2.45, 2.75) is 30.7 Å². The average molecular weight is 312 g/mol. The largest absolute Gasteiger partial charge is 0.493 e. The van der Waals surface area contributed by atoms with Crippen molar-refractivity contribution in [2.75, 3.05) is 6.61 Å². The van der Waals surface area contributed by atoms with E-state index in [0.29, 0.717) is 5.75 Å². The summed E-state index contributed by atoms with van der Waals surface area (Å²) in [5.74, 6) is -0.579. The fraction of sp³-hybridized carbons (Fsp3) is 0.385. The highest BCUT2D eigenvalue weighted by molar-refractivity contribution is 7.89. The summed E-state index contributed by atoms with van der Waals surface area (Å²) < 4.78 is 31.5. The van der Waals surface area contributed by atoms with E-state index in [1.807, 2.05) is 6.07 Å². The van der Waals surface area contributed by atoms with Gasteiger partial charge in [-0.3, -0.25) is 4.79 Å². The molecule has 0 aliphatic heterocycles. The monoisotopic (exact) mass is 312 g/mol. The van der Waals surface area contributed by atoms with Crippen LogP contribution in [0.5, 0.6) is 5.75 Å². The summed E-state index contributed by atoms with van der Waals surface area (Å²) in [5.41, 5.74) is 0. The van der Waals surface area contributed by atoms with E-state index in [1.54, 1.807) is 6.92 Å². The third-order valence-electron chi connectivity index (χ3n) is 2.47. The van der Waals surface area contributed by atoms with Crippen LogP contribution in [0.1, 0.15) is 19.8 Å². The number of nitrogens with zero attached hydrogens (tertiary/aromatic N) is 1. The van der Waals surface area contributed by atoms with Crippen molar-refractivity contribution in [1.82, 2.24) is 4.72 Å². The van der Waals surface area contributed by atoms with Gasteiger partial charge in [0.15, 0.2) is 0 Å². The maximum Gasteiger partial charge on any atom is 0.306 e. The molecule has 8 heteroatoms. The molecule has 0 heterocycles. The zero-order valence-electron chi connectivity index (χ0n) is 11.4. The van der Waals surface area contributed by atoms with Crippen molar-refractivity contribution in [3.05, 3.63) is 24.3 Å². The minimum absolute atomic E-state index is 0.0128. The van der Waals surface area contributed by atoms with E-state index in [-0.39, 0.29) is 24.3 Å². The molecule has 0 saturated heterocycles. The predicted octanol–water partition coefficient (Wildman–Crippen LogP) is 1.12. The number of carbonyl (C=O) groups is 1. The minimum atomic E-state index is -3.68. The van der Waals surface area contributed by atoms with Crippen LogP contribution in [0.3, 0.4) is 0 Å². The molecule has 0 aromatic heterocycles. The first-order chi connectivity index (χ1) is 9.85. The third kappa shape index (κ3) is 5.81. The summed E-state index contributed by atoms with van der Waals surface area (Å²) >= 11 is 0. The normalized spacial score (nSPS) is 12.4. The molecule has 1 atom stereocenters. The van der Waals surface area contributed by atoms with Gasteiger partial charge in [0.2, 0.25) is 10.0 Å². The first-order valence-corrected chi connectivity index (χ1v) is 7.67. The second-order valence-electron chi connectivity index (χ2n) is 4.35. The lowest BCUT2D eigenvalue weighted by molar-refractivity contribution is -0.137. The van der Waals surface area contributed by atoms with E-state index >= 15 is 0 Å². The van der Waals surface area contributed by atoms with E-state index in [9.17, 15) is 13.2 Å². The molecule has 1 aromatic rings. The number of carboxylic acid groups (broad SMARTS) is 1. The van der Waals surface area contributed by atoms with E-state index in [2.05, 4.69) is 4.72 Å². The van der Waals surface area contributed by atoms with E-state index in [0.717, 1.165) is 0 Å². The number of sulfonamides is 1. The topological polar surface area (TPSA) is 116 Å². The summed E-state index contributed by atoms with van der Waals surface area (Å²) in [7, 11) is -3.68. The molecule has 0 spiro atoms. The van der Waals surface area contributed by atoms with Crippen LogP contribution in [0, 0.1) is 11.3 Å². The van der Waals surface area contributed by atoms with Crippen molar-refractivity contribution < 1.29 is 23.1 Å². The molecule has 114 valence electrons. The lowest BCUT2D eigenvalue weighted by Gasteiger charge is -2.11. The summed E-state index contributed by atoms with van der Waals surface area (Å²) in [4.78, 5) is 10.4. The number of hydrogen-bond donors (Lipinski definition) is 2. The van der Waals surface area contributed by atoms with Gasteiger partial charge in [0, 0.05) is 6.04 Å². The molecule has 1 rings (SSSR count). The molecule has 21 heavy (non-hydrogen) atoms. The lowest BCUT2D eigenvalue weighted by atomic mass is 10.3. The number of benzene rings is 1. The molecule has 1 unspecified atom stereocenters. The van der Waals surface area contributed by atoms with E-state index in [4.69, 9.17) is 15.1 Å². The maximum atomic E-state index is 12.0. The summed E-state index contributed by atoms with van der Waals surface area (Å²) in [6.45, 7) is 1.61. The molecule has 0 bridgehead atoms. The highest BCUT2D eigenvalue weighted by atomic mass is 32.2. The second kappa shape index (κ2) is 7.61.